The highest BCUT2D eigenvalue weighted by molar-refractivity contribution is 7.80. The van der Waals surface area contributed by atoms with Crippen molar-refractivity contribution in [2.75, 3.05) is 19.5 Å². The lowest BCUT2D eigenvalue weighted by molar-refractivity contribution is -0.245. The second-order valence-corrected chi connectivity index (χ2v) is 11.8. The van der Waals surface area contributed by atoms with Crippen LogP contribution < -0.4 is 15.9 Å². The molecule has 0 spiro atoms. The van der Waals surface area contributed by atoms with Crippen molar-refractivity contribution in [1.29, 1.82) is 0 Å². The van der Waals surface area contributed by atoms with E-state index in [1.54, 1.807) is 6.92 Å². The summed E-state index contributed by atoms with van der Waals surface area (Å²) in [4.78, 5) is 39.6. The minimum Gasteiger partial charge on any atom is -0.507 e. The van der Waals surface area contributed by atoms with E-state index >= 15 is 0 Å². The number of aliphatic hydroxyl groups is 3. The number of nitrogens with one attached hydrogen (secondary N) is 1. The number of ketones is 2. The molecular weight excluding hydrogens is 610 g/mol. The number of aliphatic hydroxyl groups excluding tert-OH is 2. The summed E-state index contributed by atoms with van der Waals surface area (Å²) >= 11 is 4.00. The minimum atomic E-state index is -2.09. The maximum atomic E-state index is 13.8. The molecule has 1 fully saturated rings. The number of carbonyl (C=O) groups excluding carboxylic acids is 3. The summed E-state index contributed by atoms with van der Waals surface area (Å²) in [6.07, 6.45) is -5.02. The number of fused-ring (bicyclic) bond motifs is 3. The van der Waals surface area contributed by atoms with E-state index in [-0.39, 0.29) is 52.3 Å². The molecule has 0 aromatic heterocycles. The monoisotopic (exact) mass is 645 g/mol. The van der Waals surface area contributed by atoms with E-state index in [9.17, 15) is 39.9 Å². The third-order valence-electron chi connectivity index (χ3n) is 8.48. The molecule has 0 saturated carbocycles. The van der Waals surface area contributed by atoms with Gasteiger partial charge < -0.3 is 45.5 Å². The molecule has 2 aliphatic carbocycles. The fourth-order valence-electron chi connectivity index (χ4n) is 6.18. The van der Waals surface area contributed by atoms with Gasteiger partial charge in [-0.15, -0.1) is 0 Å². The number of hydrazone groups is 1. The molecule has 2 aromatic carbocycles. The van der Waals surface area contributed by atoms with Gasteiger partial charge in [0.1, 0.15) is 22.8 Å². The zero-order valence-corrected chi connectivity index (χ0v) is 25.4. The molecule has 1 heterocycles. The van der Waals surface area contributed by atoms with Gasteiger partial charge in [0, 0.05) is 48.4 Å². The van der Waals surface area contributed by atoms with E-state index in [0.717, 1.165) is 0 Å². The lowest BCUT2D eigenvalue weighted by Crippen LogP contribution is -2.53. The van der Waals surface area contributed by atoms with Gasteiger partial charge in [0.05, 0.1) is 54.4 Å². The number of aromatic hydroxyl groups is 2. The van der Waals surface area contributed by atoms with E-state index < -0.39 is 95.8 Å². The second-order valence-electron chi connectivity index (χ2n) is 11.3. The lowest BCUT2D eigenvalue weighted by atomic mass is 9.71. The number of ether oxygens (including phenoxy) is 3. The Morgan fingerprint density at radius 1 is 1.20 bits per heavy atom. The van der Waals surface area contributed by atoms with Gasteiger partial charge in [-0.3, -0.25) is 14.4 Å². The summed E-state index contributed by atoms with van der Waals surface area (Å²) in [5, 5.41) is 59.6. The van der Waals surface area contributed by atoms with Gasteiger partial charge in [-0.2, -0.15) is 17.7 Å². The fourth-order valence-corrected chi connectivity index (χ4v) is 6.39. The molecule has 1 saturated heterocycles. The number of benzene rings is 2. The average Bonchev–Trinajstić information content (AvgIpc) is 3.00. The van der Waals surface area contributed by atoms with Gasteiger partial charge in [0.25, 0.3) is 0 Å². The number of hydrogen-bond acceptors (Lipinski definition) is 14. The first kappa shape index (κ1) is 32.8. The van der Waals surface area contributed by atoms with E-state index in [1.165, 1.54) is 25.3 Å². The van der Waals surface area contributed by atoms with Gasteiger partial charge in [-0.05, 0) is 18.7 Å². The van der Waals surface area contributed by atoms with Crippen LogP contribution in [0, 0.1) is 0 Å². The van der Waals surface area contributed by atoms with Crippen molar-refractivity contribution in [3.63, 3.8) is 0 Å². The molecule has 45 heavy (non-hydrogen) atoms. The number of hydrogen-bond donors (Lipinski definition) is 8. The molecule has 1 aliphatic heterocycles. The molecule has 1 amide bonds. The number of phenols is 2. The van der Waals surface area contributed by atoms with Crippen LogP contribution in [-0.4, -0.2) is 98.3 Å². The average molecular weight is 646 g/mol. The highest BCUT2D eigenvalue weighted by Crippen LogP contribution is 2.52. The minimum absolute atomic E-state index is 0.00479. The van der Waals surface area contributed by atoms with Crippen molar-refractivity contribution < 1.29 is 54.1 Å². The van der Waals surface area contributed by atoms with Crippen LogP contribution in [0.1, 0.15) is 75.3 Å². The van der Waals surface area contributed by atoms with Gasteiger partial charge in [-0.25, -0.2) is 5.43 Å². The van der Waals surface area contributed by atoms with E-state index in [1.807, 2.05) is 0 Å². The molecule has 0 radical (unpaired) electrons. The molecule has 242 valence electrons. The third kappa shape index (κ3) is 5.69. The summed E-state index contributed by atoms with van der Waals surface area (Å²) in [5.41, 5.74) is 4.62. The van der Waals surface area contributed by atoms with Crippen LogP contribution in [0.4, 0.5) is 0 Å². The van der Waals surface area contributed by atoms with Gasteiger partial charge >= 0.3 is 0 Å². The predicted molar refractivity (Wildman–Crippen MR) is 161 cm³/mol. The van der Waals surface area contributed by atoms with Gasteiger partial charge in [0.15, 0.2) is 12.1 Å². The Bertz CT molecular complexity index is 1570. The Balaban J connectivity index is 1.67. The number of methoxy groups -OCH3 is 1. The standard InChI is InChI=1S/C30H35N3O11S/c1-12-25(36)15(31)8-20(43-12)44-17-10-30(41,18(11-34)32-33-19(35)6-7-45)9-14-22(17)29(40)24-23(27(14)38)26(37)13-4-3-5-16(42-2)21(13)28(24)39/h3-5,12,15,17,20,25,34,36,38,40-41,45H,6-11,31H2,1-2H3,(H,33,35)/b32-18+/t12-,15-,17-,20-,25+,30-/m0/s1. The van der Waals surface area contributed by atoms with Crippen LogP contribution >= 0.6 is 12.6 Å². The largest absolute Gasteiger partial charge is 0.507 e. The Morgan fingerprint density at radius 2 is 1.91 bits per heavy atom. The predicted octanol–water partition coefficient (Wildman–Crippen LogP) is 0.224. The Kier molecular flexibility index (Phi) is 9.24. The number of nitrogens with two attached hydrogens (primary N) is 1. The quantitative estimate of drug-likeness (QED) is 0.0712. The first-order chi connectivity index (χ1) is 21.4. The first-order valence-corrected chi connectivity index (χ1v) is 14.9. The van der Waals surface area contributed by atoms with Crippen molar-refractivity contribution >= 4 is 35.8 Å². The second kappa shape index (κ2) is 12.7. The van der Waals surface area contributed by atoms with Crippen molar-refractivity contribution in [2.45, 2.75) is 68.9 Å². The fraction of sp³-hybridized carbons (Fsp3) is 0.467. The molecule has 6 atom stereocenters. The molecule has 0 bridgehead atoms. The third-order valence-corrected chi connectivity index (χ3v) is 8.71. The van der Waals surface area contributed by atoms with E-state index in [0.29, 0.717) is 0 Å². The van der Waals surface area contributed by atoms with Crippen molar-refractivity contribution in [3.05, 3.63) is 51.6 Å². The Labute approximate surface area is 263 Å². The highest BCUT2D eigenvalue weighted by atomic mass is 32.1. The smallest absolute Gasteiger partial charge is 0.240 e. The van der Waals surface area contributed by atoms with Crippen molar-refractivity contribution in [2.24, 2.45) is 10.8 Å². The number of thiol groups is 1. The molecule has 2 aromatic rings. The molecule has 15 heteroatoms. The molecule has 8 N–H and O–H groups in total. The summed E-state index contributed by atoms with van der Waals surface area (Å²) < 4.78 is 17.3. The summed E-state index contributed by atoms with van der Waals surface area (Å²) in [5.74, 6) is -3.09. The maximum Gasteiger partial charge on any atom is 0.240 e. The van der Waals surface area contributed by atoms with Crippen LogP contribution in [0.3, 0.4) is 0 Å². The maximum absolute atomic E-state index is 13.8. The topological polar surface area (TPSA) is 230 Å². The summed E-state index contributed by atoms with van der Waals surface area (Å²) in [6, 6.07) is 3.64. The SMILES string of the molecule is COc1cccc2c1C(=O)c1c(O)c3c(c(O)c1C2=O)C[C@@](O)(/C(CO)=N/NC(=O)CCS)C[C@@H]3O[C@H]1C[C@H](N)[C@H](O)[C@H](C)O1. The molecule has 14 nitrogen and oxygen atoms in total. The van der Waals surface area contributed by atoms with Crippen molar-refractivity contribution in [1.82, 2.24) is 5.43 Å². The van der Waals surface area contributed by atoms with E-state index in [2.05, 4.69) is 23.2 Å². The van der Waals surface area contributed by atoms with Crippen LogP contribution in [0.15, 0.2) is 23.3 Å². The number of nitrogens with zero attached hydrogens (tertiary/aromatic N) is 1. The normalized spacial score (nSPS) is 27.8. The number of rotatable bonds is 8. The zero-order chi connectivity index (χ0) is 32.8. The summed E-state index contributed by atoms with van der Waals surface area (Å²) in [6.45, 7) is 0.764. The molecule has 3 aliphatic rings. The summed E-state index contributed by atoms with van der Waals surface area (Å²) in [7, 11) is 1.33. The molecular formula is C30H35N3O11S. The molecule has 5 rings (SSSR count). The Morgan fingerprint density at radius 3 is 2.56 bits per heavy atom. The van der Waals surface area contributed by atoms with Crippen LogP contribution in [0.25, 0.3) is 0 Å². The Hall–Kier alpha value is -3.57. The molecule has 0 unspecified atom stereocenters. The number of phenolic OH excluding ortho intramolecular Hbond substituents is 2. The van der Waals surface area contributed by atoms with Gasteiger partial charge in [0.2, 0.25) is 11.7 Å². The first-order valence-electron chi connectivity index (χ1n) is 14.3. The van der Waals surface area contributed by atoms with E-state index in [4.69, 9.17) is 19.9 Å². The van der Waals surface area contributed by atoms with Crippen LogP contribution in [0.2, 0.25) is 0 Å². The zero-order valence-electron chi connectivity index (χ0n) is 24.5. The highest BCUT2D eigenvalue weighted by Gasteiger charge is 2.49. The van der Waals surface area contributed by atoms with Crippen molar-refractivity contribution in [3.8, 4) is 17.2 Å². The number of carbonyl (C=O) groups is 3. The lowest BCUT2D eigenvalue weighted by Gasteiger charge is -2.43. The number of amides is 1. The van der Waals surface area contributed by atoms with Crippen LogP contribution in [-0.2, 0) is 20.7 Å². The van der Waals surface area contributed by atoms with Crippen LogP contribution in [0.5, 0.6) is 17.2 Å². The van der Waals surface area contributed by atoms with Gasteiger partial charge in [-0.1, -0.05) is 12.1 Å².